The van der Waals surface area contributed by atoms with E-state index in [1.54, 1.807) is 0 Å². The maximum Gasteiger partial charge on any atom is 0.102 e. The second-order valence-corrected chi connectivity index (χ2v) is 9.65. The van der Waals surface area contributed by atoms with Crippen LogP contribution in [0.3, 0.4) is 0 Å². The SMILES string of the molecule is C=C1NCc2cn(nn2)CC(=C)N(C)C[C@H](C)CC(C)(C)C[C@@H](C)C[C@H]1C. The zero-order valence-corrected chi connectivity index (χ0v) is 18.3. The molecule has 1 aromatic heterocycles. The van der Waals surface area contributed by atoms with Gasteiger partial charge in [-0.25, -0.2) is 4.68 Å². The lowest BCUT2D eigenvalue weighted by atomic mass is 9.75. The van der Waals surface area contributed by atoms with Gasteiger partial charge in [0.2, 0.25) is 0 Å². The predicted molar refractivity (Wildman–Crippen MR) is 113 cm³/mol. The second-order valence-electron chi connectivity index (χ2n) is 9.65. The average Bonchev–Trinajstić information content (AvgIpc) is 2.97. The minimum Gasteiger partial charge on any atom is -0.383 e. The van der Waals surface area contributed by atoms with Gasteiger partial charge in [-0.05, 0) is 42.4 Å². The van der Waals surface area contributed by atoms with Gasteiger partial charge < -0.3 is 10.2 Å². The summed E-state index contributed by atoms with van der Waals surface area (Å²) in [6.45, 7) is 22.7. The molecule has 2 heterocycles. The molecule has 1 aliphatic rings. The smallest absolute Gasteiger partial charge is 0.102 e. The first kappa shape index (κ1) is 21.5. The fourth-order valence-electron chi connectivity index (χ4n) is 4.64. The molecular formula is C22H39N5. The molecule has 0 saturated heterocycles. The van der Waals surface area contributed by atoms with Crippen molar-refractivity contribution < 1.29 is 0 Å². The van der Waals surface area contributed by atoms with E-state index in [9.17, 15) is 0 Å². The van der Waals surface area contributed by atoms with E-state index in [4.69, 9.17) is 0 Å². The molecule has 5 heteroatoms. The number of fused-ring (bicyclic) bond motifs is 2. The van der Waals surface area contributed by atoms with Crippen molar-refractivity contribution in [2.45, 2.75) is 67.0 Å². The molecule has 1 N–H and O–H groups in total. The monoisotopic (exact) mass is 373 g/mol. The topological polar surface area (TPSA) is 46.0 Å². The van der Waals surface area contributed by atoms with Gasteiger partial charge in [-0.1, -0.05) is 53.0 Å². The van der Waals surface area contributed by atoms with Gasteiger partial charge in [-0.2, -0.15) is 0 Å². The van der Waals surface area contributed by atoms with Gasteiger partial charge in [-0.3, -0.25) is 0 Å². The number of hydrogen-bond donors (Lipinski definition) is 1. The normalized spacial score (nSPS) is 28.5. The third-order valence-electron chi connectivity index (χ3n) is 5.71. The molecule has 0 spiro atoms. The van der Waals surface area contributed by atoms with Crippen LogP contribution < -0.4 is 5.32 Å². The molecular weight excluding hydrogens is 334 g/mol. The summed E-state index contributed by atoms with van der Waals surface area (Å²) in [6, 6.07) is 0. The molecule has 2 bridgehead atoms. The van der Waals surface area contributed by atoms with Crippen molar-refractivity contribution in [2.75, 3.05) is 13.6 Å². The van der Waals surface area contributed by atoms with E-state index >= 15 is 0 Å². The Hall–Kier alpha value is -1.78. The molecule has 0 aliphatic carbocycles. The Morgan fingerprint density at radius 3 is 2.52 bits per heavy atom. The van der Waals surface area contributed by atoms with E-state index in [0.717, 1.165) is 30.1 Å². The van der Waals surface area contributed by atoms with Crippen molar-refractivity contribution in [3.05, 3.63) is 36.4 Å². The third-order valence-corrected chi connectivity index (χ3v) is 5.71. The molecule has 0 amide bonds. The molecule has 2 rings (SSSR count). The Balaban J connectivity index is 2.16. The third kappa shape index (κ3) is 6.71. The molecule has 1 aromatic rings. The maximum absolute atomic E-state index is 4.28. The number of rotatable bonds is 0. The lowest BCUT2D eigenvalue weighted by Gasteiger charge is -2.34. The zero-order chi connectivity index (χ0) is 20.2. The molecule has 0 saturated carbocycles. The maximum atomic E-state index is 4.28. The van der Waals surface area contributed by atoms with Crippen molar-refractivity contribution in [2.24, 2.45) is 23.2 Å². The molecule has 0 radical (unpaired) electrons. The van der Waals surface area contributed by atoms with E-state index in [-0.39, 0.29) is 0 Å². The minimum atomic E-state index is 0.337. The lowest BCUT2D eigenvalue weighted by Crippen LogP contribution is -2.29. The van der Waals surface area contributed by atoms with Crippen molar-refractivity contribution >= 4 is 0 Å². The molecule has 152 valence electrons. The highest BCUT2D eigenvalue weighted by Gasteiger charge is 2.26. The Morgan fingerprint density at radius 2 is 1.81 bits per heavy atom. The van der Waals surface area contributed by atoms with E-state index in [2.05, 4.69) is 75.4 Å². The van der Waals surface area contributed by atoms with Crippen LogP contribution in [0.4, 0.5) is 0 Å². The van der Waals surface area contributed by atoms with E-state index in [0.29, 0.717) is 36.3 Å². The first-order valence-electron chi connectivity index (χ1n) is 10.3. The van der Waals surface area contributed by atoms with Crippen LogP contribution in [0.1, 0.15) is 59.6 Å². The zero-order valence-electron chi connectivity index (χ0n) is 18.3. The Labute approximate surface area is 165 Å². The van der Waals surface area contributed by atoms with E-state index < -0.39 is 0 Å². The molecule has 1 aliphatic heterocycles. The highest BCUT2D eigenvalue weighted by atomic mass is 15.4. The summed E-state index contributed by atoms with van der Waals surface area (Å²) >= 11 is 0. The van der Waals surface area contributed by atoms with Crippen LogP contribution in [0.15, 0.2) is 30.7 Å². The summed E-state index contributed by atoms with van der Waals surface area (Å²) in [6.07, 6.45) is 5.62. The second kappa shape index (κ2) is 8.94. The fraction of sp³-hybridized carbons (Fsp3) is 0.727. The first-order chi connectivity index (χ1) is 12.6. The largest absolute Gasteiger partial charge is 0.383 e. The van der Waals surface area contributed by atoms with Crippen LogP contribution in [0.25, 0.3) is 0 Å². The number of aromatic nitrogens is 3. The minimum absolute atomic E-state index is 0.337. The summed E-state index contributed by atoms with van der Waals surface area (Å²) in [5.74, 6) is 1.74. The summed E-state index contributed by atoms with van der Waals surface area (Å²) in [7, 11) is 2.13. The molecule has 0 unspecified atom stereocenters. The van der Waals surface area contributed by atoms with Crippen LogP contribution in [0.2, 0.25) is 0 Å². The highest BCUT2D eigenvalue weighted by molar-refractivity contribution is 5.02. The number of allylic oxidation sites excluding steroid dienone is 2. The number of hydrogen-bond acceptors (Lipinski definition) is 4. The summed E-state index contributed by atoms with van der Waals surface area (Å²) in [5, 5.41) is 12.0. The fourth-order valence-corrected chi connectivity index (χ4v) is 4.64. The van der Waals surface area contributed by atoms with Gasteiger partial charge in [0.05, 0.1) is 19.3 Å². The van der Waals surface area contributed by atoms with Crippen LogP contribution >= 0.6 is 0 Å². The average molecular weight is 374 g/mol. The van der Waals surface area contributed by atoms with Gasteiger partial charge in [0, 0.05) is 25.0 Å². The molecule has 0 aromatic carbocycles. The highest BCUT2D eigenvalue weighted by Crippen LogP contribution is 2.35. The van der Waals surface area contributed by atoms with Crippen molar-refractivity contribution in [3.63, 3.8) is 0 Å². The van der Waals surface area contributed by atoms with Crippen LogP contribution in [-0.4, -0.2) is 33.5 Å². The van der Waals surface area contributed by atoms with Crippen molar-refractivity contribution in [1.82, 2.24) is 25.2 Å². The number of nitrogens with zero attached hydrogens (tertiary/aromatic N) is 4. The molecule has 5 nitrogen and oxygen atoms in total. The van der Waals surface area contributed by atoms with Crippen molar-refractivity contribution in [3.8, 4) is 0 Å². The summed E-state index contributed by atoms with van der Waals surface area (Å²) < 4.78 is 1.87. The Morgan fingerprint density at radius 1 is 1.15 bits per heavy atom. The molecule has 3 atom stereocenters. The standard InChI is InChI=1S/C22H39N5/c1-16-9-18(3)20(5)23-12-21-15-27(25-24-21)14-19(4)26(8)13-17(2)11-22(6,7)10-16/h15-18,23H,4-5,9-14H2,1-3,6-8H3/t16-,17+,18+/m0/s1. The first-order valence-corrected chi connectivity index (χ1v) is 10.3. The number of nitrogens with one attached hydrogen (secondary N) is 1. The molecule has 27 heavy (non-hydrogen) atoms. The van der Waals surface area contributed by atoms with Gasteiger partial charge in [0.15, 0.2) is 0 Å². The van der Waals surface area contributed by atoms with Crippen LogP contribution in [0.5, 0.6) is 0 Å². The lowest BCUT2D eigenvalue weighted by molar-refractivity contribution is 0.188. The molecule has 0 fully saturated rings. The van der Waals surface area contributed by atoms with E-state index in [1.165, 1.54) is 12.8 Å². The summed E-state index contributed by atoms with van der Waals surface area (Å²) in [5.41, 5.74) is 3.44. The van der Waals surface area contributed by atoms with Gasteiger partial charge in [0.25, 0.3) is 0 Å². The van der Waals surface area contributed by atoms with Gasteiger partial charge in [0.1, 0.15) is 5.69 Å². The quantitative estimate of drug-likeness (QED) is 0.730. The Kier molecular flexibility index (Phi) is 7.12. The van der Waals surface area contributed by atoms with E-state index in [1.807, 2.05) is 10.9 Å². The van der Waals surface area contributed by atoms with Crippen LogP contribution in [0, 0.1) is 23.2 Å². The van der Waals surface area contributed by atoms with Gasteiger partial charge in [-0.15, -0.1) is 5.10 Å². The van der Waals surface area contributed by atoms with Crippen molar-refractivity contribution in [1.29, 1.82) is 0 Å². The Bertz CT molecular complexity index is 645. The predicted octanol–water partition coefficient (Wildman–Crippen LogP) is 4.45. The number of likely N-dealkylation sites (N-methyl/N-ethyl adjacent to an activating group) is 1. The van der Waals surface area contributed by atoms with Crippen LogP contribution in [-0.2, 0) is 13.1 Å². The summed E-state index contributed by atoms with van der Waals surface area (Å²) in [4.78, 5) is 2.27. The van der Waals surface area contributed by atoms with Gasteiger partial charge >= 0.3 is 0 Å².